The minimum Gasteiger partial charge on any atom is -0.450 e. The molecule has 144 valence electrons. The fourth-order valence-electron chi connectivity index (χ4n) is 3.14. The fourth-order valence-corrected chi connectivity index (χ4v) is 3.14. The SMILES string of the molecule is CCOC(=O)N1CCN(C(=NC)NC2CCN(CC(F)(F)F)C2)CC1. The molecule has 0 radical (unpaired) electrons. The third kappa shape index (κ3) is 5.94. The van der Waals surface area contributed by atoms with Crippen LogP contribution in [0.1, 0.15) is 13.3 Å². The van der Waals surface area contributed by atoms with Crippen molar-refractivity contribution in [3.8, 4) is 0 Å². The van der Waals surface area contributed by atoms with Gasteiger partial charge in [0, 0.05) is 52.4 Å². The maximum absolute atomic E-state index is 12.5. The van der Waals surface area contributed by atoms with Gasteiger partial charge in [0.1, 0.15) is 0 Å². The second kappa shape index (κ2) is 8.59. The maximum Gasteiger partial charge on any atom is 0.409 e. The van der Waals surface area contributed by atoms with Crippen LogP contribution in [0.3, 0.4) is 0 Å². The molecule has 0 aliphatic carbocycles. The van der Waals surface area contributed by atoms with Crippen molar-refractivity contribution in [2.45, 2.75) is 25.6 Å². The number of hydrogen-bond donors (Lipinski definition) is 1. The summed E-state index contributed by atoms with van der Waals surface area (Å²) in [4.78, 5) is 21.0. The Morgan fingerprint density at radius 3 is 2.40 bits per heavy atom. The van der Waals surface area contributed by atoms with Crippen LogP contribution in [-0.4, -0.2) is 98.4 Å². The highest BCUT2D eigenvalue weighted by Crippen LogP contribution is 2.20. The van der Waals surface area contributed by atoms with E-state index in [1.807, 2.05) is 4.90 Å². The smallest absolute Gasteiger partial charge is 0.409 e. The van der Waals surface area contributed by atoms with Gasteiger partial charge in [-0.1, -0.05) is 0 Å². The maximum atomic E-state index is 12.5. The minimum atomic E-state index is -4.17. The molecule has 2 heterocycles. The number of alkyl halides is 3. The van der Waals surface area contributed by atoms with E-state index in [-0.39, 0.29) is 12.1 Å². The van der Waals surface area contributed by atoms with E-state index in [4.69, 9.17) is 4.74 Å². The Balaban J connectivity index is 1.79. The number of amides is 1. The van der Waals surface area contributed by atoms with Gasteiger partial charge in [0.15, 0.2) is 5.96 Å². The lowest BCUT2D eigenvalue weighted by Gasteiger charge is -2.36. The highest BCUT2D eigenvalue weighted by Gasteiger charge is 2.35. The van der Waals surface area contributed by atoms with E-state index in [1.165, 1.54) is 4.90 Å². The van der Waals surface area contributed by atoms with Gasteiger partial charge in [-0.3, -0.25) is 9.89 Å². The predicted molar refractivity (Wildman–Crippen MR) is 87.6 cm³/mol. The first-order chi connectivity index (χ1) is 11.8. The zero-order valence-electron chi connectivity index (χ0n) is 14.7. The first kappa shape index (κ1) is 19.6. The summed E-state index contributed by atoms with van der Waals surface area (Å²) < 4.78 is 42.4. The molecule has 2 aliphatic rings. The van der Waals surface area contributed by atoms with Gasteiger partial charge in [-0.05, 0) is 13.3 Å². The van der Waals surface area contributed by atoms with Crippen molar-refractivity contribution >= 4 is 12.1 Å². The summed E-state index contributed by atoms with van der Waals surface area (Å²) in [6, 6.07) is -0.0517. The number of nitrogens with one attached hydrogen (secondary N) is 1. The number of ether oxygens (including phenoxy) is 1. The molecule has 0 saturated carbocycles. The van der Waals surface area contributed by atoms with Gasteiger partial charge >= 0.3 is 12.3 Å². The lowest BCUT2D eigenvalue weighted by atomic mass is 10.2. The lowest BCUT2D eigenvalue weighted by Crippen LogP contribution is -2.55. The quantitative estimate of drug-likeness (QED) is 0.597. The van der Waals surface area contributed by atoms with E-state index in [0.717, 1.165) is 0 Å². The molecule has 1 amide bonds. The third-order valence-corrected chi connectivity index (χ3v) is 4.33. The Labute approximate surface area is 145 Å². The Bertz CT molecular complexity index is 478. The number of halogens is 3. The summed E-state index contributed by atoms with van der Waals surface area (Å²) in [5.74, 6) is 0.669. The van der Waals surface area contributed by atoms with Crippen molar-refractivity contribution in [3.63, 3.8) is 0 Å². The number of carbonyl (C=O) groups is 1. The Morgan fingerprint density at radius 2 is 1.84 bits per heavy atom. The van der Waals surface area contributed by atoms with Crippen molar-refractivity contribution in [1.82, 2.24) is 20.0 Å². The second-order valence-electron chi connectivity index (χ2n) is 6.20. The molecule has 2 saturated heterocycles. The van der Waals surface area contributed by atoms with Gasteiger partial charge in [-0.2, -0.15) is 13.2 Å². The average Bonchev–Trinajstić information content (AvgIpc) is 2.98. The Hall–Kier alpha value is -1.71. The molecular weight excluding hydrogens is 339 g/mol. The largest absolute Gasteiger partial charge is 0.450 e. The predicted octanol–water partition coefficient (Wildman–Crippen LogP) is 0.972. The number of carbonyl (C=O) groups excluding carboxylic acids is 1. The van der Waals surface area contributed by atoms with Crippen LogP contribution in [0.5, 0.6) is 0 Å². The van der Waals surface area contributed by atoms with Gasteiger partial charge in [-0.15, -0.1) is 0 Å². The Morgan fingerprint density at radius 1 is 1.20 bits per heavy atom. The van der Waals surface area contributed by atoms with E-state index in [1.54, 1.807) is 18.9 Å². The molecule has 1 N–H and O–H groups in total. The molecule has 1 atom stereocenters. The van der Waals surface area contributed by atoms with Crippen molar-refractivity contribution in [1.29, 1.82) is 0 Å². The van der Waals surface area contributed by atoms with Gasteiger partial charge in [0.25, 0.3) is 0 Å². The molecule has 2 aliphatic heterocycles. The average molecular weight is 365 g/mol. The molecule has 2 fully saturated rings. The molecule has 25 heavy (non-hydrogen) atoms. The van der Waals surface area contributed by atoms with E-state index >= 15 is 0 Å². The fraction of sp³-hybridized carbons (Fsp3) is 0.867. The first-order valence-electron chi connectivity index (χ1n) is 8.51. The molecule has 7 nitrogen and oxygen atoms in total. The van der Waals surface area contributed by atoms with Crippen LogP contribution in [-0.2, 0) is 4.74 Å². The van der Waals surface area contributed by atoms with Crippen LogP contribution >= 0.6 is 0 Å². The number of hydrogen-bond acceptors (Lipinski definition) is 4. The zero-order valence-corrected chi connectivity index (χ0v) is 14.7. The minimum absolute atomic E-state index is 0.0517. The van der Waals surface area contributed by atoms with Crippen molar-refractivity contribution in [2.24, 2.45) is 4.99 Å². The van der Waals surface area contributed by atoms with Crippen LogP contribution in [0.2, 0.25) is 0 Å². The van der Waals surface area contributed by atoms with Crippen molar-refractivity contribution in [3.05, 3.63) is 0 Å². The summed E-state index contributed by atoms with van der Waals surface area (Å²) in [5.41, 5.74) is 0. The molecule has 1 unspecified atom stereocenters. The zero-order chi connectivity index (χ0) is 18.4. The molecule has 10 heteroatoms. The monoisotopic (exact) mass is 365 g/mol. The molecule has 0 aromatic rings. The Kier molecular flexibility index (Phi) is 6.74. The van der Waals surface area contributed by atoms with Gasteiger partial charge < -0.3 is 19.9 Å². The second-order valence-corrected chi connectivity index (χ2v) is 6.20. The van der Waals surface area contributed by atoms with E-state index < -0.39 is 12.7 Å². The summed E-state index contributed by atoms with van der Waals surface area (Å²) in [6.07, 6.45) is -3.83. The highest BCUT2D eigenvalue weighted by molar-refractivity contribution is 5.80. The molecule has 2 rings (SSSR count). The number of nitrogens with zero attached hydrogens (tertiary/aromatic N) is 4. The normalized spacial score (nSPS) is 23.1. The number of guanidine groups is 1. The van der Waals surface area contributed by atoms with Crippen molar-refractivity contribution < 1.29 is 22.7 Å². The summed E-state index contributed by atoms with van der Waals surface area (Å²) >= 11 is 0. The summed E-state index contributed by atoms with van der Waals surface area (Å²) in [6.45, 7) is 4.29. The first-order valence-corrected chi connectivity index (χ1v) is 8.51. The van der Waals surface area contributed by atoms with Crippen LogP contribution in [0.25, 0.3) is 0 Å². The molecule has 0 aromatic heterocycles. The number of rotatable bonds is 3. The molecule has 0 aromatic carbocycles. The van der Waals surface area contributed by atoms with Crippen LogP contribution in [0, 0.1) is 0 Å². The van der Waals surface area contributed by atoms with E-state index in [2.05, 4.69) is 10.3 Å². The van der Waals surface area contributed by atoms with Crippen LogP contribution in [0.4, 0.5) is 18.0 Å². The topological polar surface area (TPSA) is 60.4 Å². The van der Waals surface area contributed by atoms with Gasteiger partial charge in [-0.25, -0.2) is 4.79 Å². The summed E-state index contributed by atoms with van der Waals surface area (Å²) in [7, 11) is 1.66. The molecular formula is C15H26F3N5O2. The number of aliphatic imine (C=N–C) groups is 1. The van der Waals surface area contributed by atoms with Crippen molar-refractivity contribution in [2.75, 3.05) is 59.5 Å². The summed E-state index contributed by atoms with van der Waals surface area (Å²) in [5, 5.41) is 3.25. The van der Waals surface area contributed by atoms with Gasteiger partial charge in [0.2, 0.25) is 0 Å². The van der Waals surface area contributed by atoms with E-state index in [0.29, 0.717) is 58.3 Å². The third-order valence-electron chi connectivity index (χ3n) is 4.33. The van der Waals surface area contributed by atoms with Gasteiger partial charge in [0.05, 0.1) is 13.2 Å². The molecule has 0 spiro atoms. The standard InChI is InChI=1S/C15H26F3N5O2/c1-3-25-14(24)23-8-6-22(7-9-23)13(19-2)20-12-4-5-21(10-12)11-15(16,17)18/h12H,3-11H2,1-2H3,(H,19,20). The number of likely N-dealkylation sites (tertiary alicyclic amines) is 1. The highest BCUT2D eigenvalue weighted by atomic mass is 19.4. The lowest BCUT2D eigenvalue weighted by molar-refractivity contribution is -0.143. The number of piperazine rings is 1. The molecule has 0 bridgehead atoms. The van der Waals surface area contributed by atoms with E-state index in [9.17, 15) is 18.0 Å². The van der Waals surface area contributed by atoms with Crippen LogP contribution in [0.15, 0.2) is 4.99 Å². The van der Waals surface area contributed by atoms with Crippen LogP contribution < -0.4 is 5.32 Å².